The largest absolute Gasteiger partial charge is 0.353 e. The summed E-state index contributed by atoms with van der Waals surface area (Å²) in [7, 11) is -3.98. The van der Waals surface area contributed by atoms with E-state index in [1.165, 1.54) is 67.7 Å². The van der Waals surface area contributed by atoms with Crippen LogP contribution in [0.2, 0.25) is 5.02 Å². The molecule has 2 aromatic carbocycles. The second-order valence-electron chi connectivity index (χ2n) is 10.8. The highest BCUT2D eigenvalue weighted by molar-refractivity contribution is 7.89. The Morgan fingerprint density at radius 2 is 1.79 bits per heavy atom. The van der Waals surface area contributed by atoms with Crippen LogP contribution in [0.5, 0.6) is 0 Å². The van der Waals surface area contributed by atoms with Gasteiger partial charge in [-0.1, -0.05) is 36.2 Å². The number of sulfonamides is 1. The van der Waals surface area contributed by atoms with Gasteiger partial charge in [0, 0.05) is 24.7 Å². The van der Waals surface area contributed by atoms with E-state index in [9.17, 15) is 18.0 Å². The number of benzene rings is 2. The summed E-state index contributed by atoms with van der Waals surface area (Å²) in [5.74, 6) is -0.795. The maximum atomic E-state index is 13.3. The molecule has 0 radical (unpaired) electrons. The number of aryl methyl sites for hydroxylation is 1. The van der Waals surface area contributed by atoms with Crippen molar-refractivity contribution in [3.05, 3.63) is 64.2 Å². The average Bonchev–Trinajstić information content (AvgIpc) is 2.94. The van der Waals surface area contributed by atoms with E-state index < -0.39 is 22.0 Å². The Hall–Kier alpha value is -2.46. The molecule has 0 bridgehead atoms. The number of carbonyl (C=O) groups excluding carboxylic acids is 2. The number of carbonyl (C=O) groups is 2. The zero-order chi connectivity index (χ0) is 27.4. The fourth-order valence-corrected chi connectivity index (χ4v) is 7.70. The van der Waals surface area contributed by atoms with Crippen LogP contribution in [0.25, 0.3) is 0 Å². The summed E-state index contributed by atoms with van der Waals surface area (Å²) in [6.45, 7) is 3.76. The Balaban J connectivity index is 1.24. The number of hydrogen-bond donors (Lipinski definition) is 2. The van der Waals surface area contributed by atoms with E-state index in [0.29, 0.717) is 5.02 Å². The number of rotatable bonds is 8. The first-order valence-electron chi connectivity index (χ1n) is 14.0. The number of nitrogens with zero attached hydrogens (tertiary/aromatic N) is 2. The van der Waals surface area contributed by atoms with E-state index in [4.69, 9.17) is 11.6 Å². The zero-order valence-corrected chi connectivity index (χ0v) is 23.8. The molecule has 10 heteroatoms. The van der Waals surface area contributed by atoms with Crippen LogP contribution in [-0.2, 0) is 32.5 Å². The highest BCUT2D eigenvalue weighted by Gasteiger charge is 2.40. The van der Waals surface area contributed by atoms with Crippen molar-refractivity contribution in [2.45, 2.75) is 68.3 Å². The van der Waals surface area contributed by atoms with Gasteiger partial charge in [-0.2, -0.15) is 4.31 Å². The monoisotopic (exact) mass is 572 g/mol. The van der Waals surface area contributed by atoms with E-state index in [1.807, 2.05) is 0 Å². The Morgan fingerprint density at radius 3 is 2.56 bits per heavy atom. The number of likely N-dealkylation sites (tertiary alicyclic amines) is 1. The van der Waals surface area contributed by atoms with Gasteiger partial charge in [0.15, 0.2) is 0 Å². The predicted octanol–water partition coefficient (Wildman–Crippen LogP) is 3.44. The molecule has 2 aliphatic heterocycles. The SMILES string of the molecule is O=C(CC1C(=O)NCCN1S(=O)(=O)c1ccc(Cl)cc1)N[C@@H]1CCCc2cc(CCN3CCCCC3)ccc21. The highest BCUT2D eigenvalue weighted by atomic mass is 35.5. The maximum Gasteiger partial charge on any atom is 0.243 e. The molecule has 2 saturated heterocycles. The molecule has 210 valence electrons. The minimum atomic E-state index is -3.98. The van der Waals surface area contributed by atoms with Gasteiger partial charge in [0.2, 0.25) is 21.8 Å². The van der Waals surface area contributed by atoms with Gasteiger partial charge in [-0.25, -0.2) is 8.42 Å². The highest BCUT2D eigenvalue weighted by Crippen LogP contribution is 2.31. The molecule has 39 heavy (non-hydrogen) atoms. The van der Waals surface area contributed by atoms with Crippen LogP contribution in [0.4, 0.5) is 0 Å². The lowest BCUT2D eigenvalue weighted by Gasteiger charge is -2.34. The van der Waals surface area contributed by atoms with Gasteiger partial charge < -0.3 is 15.5 Å². The van der Waals surface area contributed by atoms with Crippen LogP contribution >= 0.6 is 11.6 Å². The summed E-state index contributed by atoms with van der Waals surface area (Å²) in [6.07, 6.45) is 7.47. The predicted molar refractivity (Wildman–Crippen MR) is 151 cm³/mol. The summed E-state index contributed by atoms with van der Waals surface area (Å²) in [5, 5.41) is 6.23. The van der Waals surface area contributed by atoms with Gasteiger partial charge in [0.25, 0.3) is 0 Å². The van der Waals surface area contributed by atoms with Gasteiger partial charge in [-0.3, -0.25) is 9.59 Å². The lowest BCUT2D eigenvalue weighted by Crippen LogP contribution is -2.58. The first-order valence-corrected chi connectivity index (χ1v) is 15.8. The van der Waals surface area contributed by atoms with Crippen LogP contribution in [-0.4, -0.2) is 68.2 Å². The van der Waals surface area contributed by atoms with Crippen LogP contribution in [0.3, 0.4) is 0 Å². The lowest BCUT2D eigenvalue weighted by molar-refractivity contribution is -0.132. The molecule has 2 atom stereocenters. The number of hydrogen-bond acceptors (Lipinski definition) is 5. The molecule has 2 aromatic rings. The molecule has 2 N–H and O–H groups in total. The molecular formula is C29H37ClN4O4S. The molecule has 0 aromatic heterocycles. The fourth-order valence-electron chi connectivity index (χ4n) is 5.99. The minimum absolute atomic E-state index is 0.0457. The molecular weight excluding hydrogens is 536 g/mol. The van der Waals surface area contributed by atoms with Gasteiger partial charge >= 0.3 is 0 Å². The molecule has 0 saturated carbocycles. The Bertz CT molecular complexity index is 1290. The fraction of sp³-hybridized carbons (Fsp3) is 0.517. The normalized spacial score (nSPS) is 22.6. The van der Waals surface area contributed by atoms with Crippen molar-refractivity contribution in [1.82, 2.24) is 19.8 Å². The van der Waals surface area contributed by atoms with Crippen LogP contribution in [0.1, 0.15) is 61.3 Å². The van der Waals surface area contributed by atoms with Gasteiger partial charge in [-0.15, -0.1) is 0 Å². The second kappa shape index (κ2) is 12.4. The summed E-state index contributed by atoms with van der Waals surface area (Å²) in [4.78, 5) is 28.5. The van der Waals surface area contributed by atoms with Gasteiger partial charge in [0.1, 0.15) is 6.04 Å². The first kappa shape index (κ1) is 28.1. The number of fused-ring (bicyclic) bond motifs is 1. The molecule has 8 nitrogen and oxygen atoms in total. The molecule has 2 amide bonds. The Labute approximate surface area is 236 Å². The topological polar surface area (TPSA) is 98.8 Å². The Morgan fingerprint density at radius 1 is 1.03 bits per heavy atom. The van der Waals surface area contributed by atoms with Crippen LogP contribution < -0.4 is 10.6 Å². The van der Waals surface area contributed by atoms with Crippen molar-refractivity contribution in [2.24, 2.45) is 0 Å². The van der Waals surface area contributed by atoms with Gasteiger partial charge in [-0.05, 0) is 92.6 Å². The summed E-state index contributed by atoms with van der Waals surface area (Å²) >= 11 is 5.93. The smallest absolute Gasteiger partial charge is 0.243 e. The van der Waals surface area contributed by atoms with E-state index in [-0.39, 0.29) is 36.4 Å². The van der Waals surface area contributed by atoms with Crippen molar-refractivity contribution in [3.63, 3.8) is 0 Å². The van der Waals surface area contributed by atoms with E-state index in [2.05, 4.69) is 33.7 Å². The van der Waals surface area contributed by atoms with Crippen LogP contribution in [0.15, 0.2) is 47.4 Å². The molecule has 3 aliphatic rings. The molecule has 5 rings (SSSR count). The van der Waals surface area contributed by atoms with Gasteiger partial charge in [0.05, 0.1) is 17.4 Å². The summed E-state index contributed by atoms with van der Waals surface area (Å²) in [6, 6.07) is 11.2. The molecule has 0 spiro atoms. The summed E-state index contributed by atoms with van der Waals surface area (Å²) < 4.78 is 27.8. The quantitative estimate of drug-likeness (QED) is 0.505. The standard InChI is InChI=1S/C29H37ClN4O4S/c30-23-8-10-24(11-9-23)39(37,38)34-18-14-31-29(36)27(34)20-28(35)32-26-6-4-5-22-19-21(7-12-25(22)26)13-17-33-15-2-1-3-16-33/h7-12,19,26-27H,1-6,13-18,20H2,(H,31,36)(H,32,35)/t26-,27?/m1/s1. The molecule has 1 aliphatic carbocycles. The van der Waals surface area contributed by atoms with Crippen LogP contribution in [0, 0.1) is 0 Å². The van der Waals surface area contributed by atoms with E-state index in [0.717, 1.165) is 42.1 Å². The third-order valence-electron chi connectivity index (χ3n) is 8.10. The van der Waals surface area contributed by atoms with E-state index in [1.54, 1.807) is 0 Å². The number of nitrogens with one attached hydrogen (secondary N) is 2. The molecule has 2 heterocycles. The van der Waals surface area contributed by atoms with Crippen molar-refractivity contribution >= 4 is 33.4 Å². The third kappa shape index (κ3) is 6.65. The van der Waals surface area contributed by atoms with Crippen molar-refractivity contribution in [3.8, 4) is 0 Å². The van der Waals surface area contributed by atoms with Crippen molar-refractivity contribution in [1.29, 1.82) is 0 Å². The number of halogens is 1. The van der Waals surface area contributed by atoms with Crippen molar-refractivity contribution in [2.75, 3.05) is 32.7 Å². The molecule has 2 fully saturated rings. The number of piperidine rings is 1. The first-order chi connectivity index (χ1) is 18.8. The maximum absolute atomic E-state index is 13.3. The Kier molecular flexibility index (Phi) is 8.91. The van der Waals surface area contributed by atoms with E-state index >= 15 is 0 Å². The second-order valence-corrected chi connectivity index (χ2v) is 13.1. The molecule has 1 unspecified atom stereocenters. The van der Waals surface area contributed by atoms with Crippen molar-refractivity contribution < 1.29 is 18.0 Å². The number of amides is 2. The average molecular weight is 573 g/mol. The summed E-state index contributed by atoms with van der Waals surface area (Å²) in [5.41, 5.74) is 3.72. The number of piperazine rings is 1. The zero-order valence-electron chi connectivity index (χ0n) is 22.2. The third-order valence-corrected chi connectivity index (χ3v) is 10.3. The lowest BCUT2D eigenvalue weighted by atomic mass is 9.86. The minimum Gasteiger partial charge on any atom is -0.353 e.